The third-order valence-corrected chi connectivity index (χ3v) is 3.87. The molecule has 1 unspecified atom stereocenters. The van der Waals surface area contributed by atoms with Gasteiger partial charge in [-0.15, -0.1) is 0 Å². The zero-order chi connectivity index (χ0) is 17.8. The van der Waals surface area contributed by atoms with Gasteiger partial charge in [0.2, 0.25) is 5.91 Å². The molecule has 25 heavy (non-hydrogen) atoms. The van der Waals surface area contributed by atoms with Crippen LogP contribution in [-0.4, -0.2) is 28.6 Å². The zero-order valence-corrected chi connectivity index (χ0v) is 14.1. The molecule has 1 fully saturated rings. The lowest BCUT2D eigenvalue weighted by atomic mass is 10.2. The van der Waals surface area contributed by atoms with Crippen LogP contribution >= 0.6 is 0 Å². The SMILES string of the molecule is Cc1noc(C(C)OC(=O)/C=C/c2ccc(N3CCCC3=O)cc2)n1. The molecule has 3 rings (SSSR count). The van der Waals surface area contributed by atoms with E-state index in [1.807, 2.05) is 24.3 Å². The Morgan fingerprint density at radius 3 is 2.72 bits per heavy atom. The van der Waals surface area contributed by atoms with Gasteiger partial charge in [0, 0.05) is 24.7 Å². The minimum Gasteiger partial charge on any atom is -0.449 e. The fraction of sp³-hybridized carbons (Fsp3) is 0.333. The molecule has 1 aliphatic heterocycles. The van der Waals surface area contributed by atoms with Crippen molar-refractivity contribution >= 4 is 23.6 Å². The number of benzene rings is 1. The fourth-order valence-electron chi connectivity index (χ4n) is 2.59. The van der Waals surface area contributed by atoms with Gasteiger partial charge in [-0.3, -0.25) is 4.79 Å². The van der Waals surface area contributed by atoms with Crippen LogP contribution in [0.2, 0.25) is 0 Å². The maximum Gasteiger partial charge on any atom is 0.331 e. The highest BCUT2D eigenvalue weighted by Gasteiger charge is 2.21. The Kier molecular flexibility index (Phi) is 4.92. The van der Waals surface area contributed by atoms with Crippen molar-refractivity contribution in [1.82, 2.24) is 10.1 Å². The summed E-state index contributed by atoms with van der Waals surface area (Å²) in [5, 5.41) is 3.66. The van der Waals surface area contributed by atoms with Gasteiger partial charge in [0.25, 0.3) is 5.89 Å². The van der Waals surface area contributed by atoms with E-state index in [0.29, 0.717) is 12.2 Å². The molecule has 7 heteroatoms. The van der Waals surface area contributed by atoms with E-state index in [1.54, 1.807) is 24.8 Å². The minimum atomic E-state index is -0.609. The van der Waals surface area contributed by atoms with E-state index in [9.17, 15) is 9.59 Å². The Labute approximate surface area is 145 Å². The molecule has 0 N–H and O–H groups in total. The molecular formula is C18H19N3O4. The average Bonchev–Trinajstić information content (AvgIpc) is 3.22. The summed E-state index contributed by atoms with van der Waals surface area (Å²) in [5.41, 5.74) is 1.72. The van der Waals surface area contributed by atoms with Gasteiger partial charge in [-0.2, -0.15) is 4.98 Å². The normalized spacial score (nSPS) is 15.8. The molecule has 0 aliphatic carbocycles. The summed E-state index contributed by atoms with van der Waals surface area (Å²) in [6.45, 7) is 4.12. The average molecular weight is 341 g/mol. The van der Waals surface area contributed by atoms with Crippen molar-refractivity contribution in [2.75, 3.05) is 11.4 Å². The lowest BCUT2D eigenvalue weighted by molar-refractivity contribution is -0.143. The molecule has 0 radical (unpaired) electrons. The lowest BCUT2D eigenvalue weighted by Gasteiger charge is -2.15. The summed E-state index contributed by atoms with van der Waals surface area (Å²) in [6, 6.07) is 7.46. The second-order valence-corrected chi connectivity index (χ2v) is 5.83. The number of amides is 1. The van der Waals surface area contributed by atoms with Crippen molar-refractivity contribution in [2.24, 2.45) is 0 Å². The van der Waals surface area contributed by atoms with Gasteiger partial charge in [0.15, 0.2) is 11.9 Å². The van der Waals surface area contributed by atoms with Crippen molar-refractivity contribution in [3.63, 3.8) is 0 Å². The Morgan fingerprint density at radius 1 is 1.36 bits per heavy atom. The van der Waals surface area contributed by atoms with Crippen LogP contribution in [0.5, 0.6) is 0 Å². The van der Waals surface area contributed by atoms with E-state index in [0.717, 1.165) is 24.2 Å². The van der Waals surface area contributed by atoms with E-state index in [2.05, 4.69) is 10.1 Å². The molecule has 2 aromatic rings. The molecule has 130 valence electrons. The van der Waals surface area contributed by atoms with E-state index in [4.69, 9.17) is 9.26 Å². The topological polar surface area (TPSA) is 85.5 Å². The second-order valence-electron chi connectivity index (χ2n) is 5.83. The summed E-state index contributed by atoms with van der Waals surface area (Å²) in [7, 11) is 0. The first-order valence-electron chi connectivity index (χ1n) is 8.12. The Morgan fingerprint density at radius 2 is 2.12 bits per heavy atom. The lowest BCUT2D eigenvalue weighted by Crippen LogP contribution is -2.23. The maximum absolute atomic E-state index is 11.9. The monoisotopic (exact) mass is 341 g/mol. The smallest absolute Gasteiger partial charge is 0.331 e. The van der Waals surface area contributed by atoms with Crippen LogP contribution in [0.25, 0.3) is 6.08 Å². The van der Waals surface area contributed by atoms with Crippen LogP contribution in [0.15, 0.2) is 34.9 Å². The molecule has 1 aromatic heterocycles. The van der Waals surface area contributed by atoms with E-state index in [-0.39, 0.29) is 11.8 Å². The van der Waals surface area contributed by atoms with Crippen molar-refractivity contribution in [3.05, 3.63) is 47.6 Å². The fourth-order valence-corrected chi connectivity index (χ4v) is 2.59. The summed E-state index contributed by atoms with van der Waals surface area (Å²) in [6.07, 6.45) is 3.89. The number of nitrogens with zero attached hydrogens (tertiary/aromatic N) is 3. The number of rotatable bonds is 5. The second kappa shape index (κ2) is 7.29. The Hall–Kier alpha value is -2.96. The van der Waals surface area contributed by atoms with Gasteiger partial charge in [-0.05, 0) is 44.0 Å². The van der Waals surface area contributed by atoms with E-state index < -0.39 is 12.1 Å². The minimum absolute atomic E-state index is 0.150. The van der Waals surface area contributed by atoms with E-state index >= 15 is 0 Å². The maximum atomic E-state index is 11.9. The quantitative estimate of drug-likeness (QED) is 0.614. The summed E-state index contributed by atoms with van der Waals surface area (Å²) in [5.74, 6) is 0.406. The molecule has 0 saturated carbocycles. The van der Waals surface area contributed by atoms with Crippen molar-refractivity contribution in [2.45, 2.75) is 32.8 Å². The molecule has 1 aliphatic rings. The number of hydrogen-bond donors (Lipinski definition) is 0. The van der Waals surface area contributed by atoms with Crippen LogP contribution in [0.3, 0.4) is 0 Å². The van der Waals surface area contributed by atoms with Gasteiger partial charge < -0.3 is 14.2 Å². The van der Waals surface area contributed by atoms with Gasteiger partial charge >= 0.3 is 5.97 Å². The van der Waals surface area contributed by atoms with Gasteiger partial charge in [0.1, 0.15) is 0 Å². The number of anilines is 1. The summed E-state index contributed by atoms with van der Waals surface area (Å²) in [4.78, 5) is 29.4. The van der Waals surface area contributed by atoms with Gasteiger partial charge in [-0.1, -0.05) is 17.3 Å². The third kappa shape index (κ3) is 4.12. The first-order valence-corrected chi connectivity index (χ1v) is 8.12. The molecule has 1 aromatic carbocycles. The predicted molar refractivity (Wildman–Crippen MR) is 90.6 cm³/mol. The highest BCUT2D eigenvalue weighted by Crippen LogP contribution is 2.22. The molecule has 7 nitrogen and oxygen atoms in total. The molecule has 0 spiro atoms. The summed E-state index contributed by atoms with van der Waals surface area (Å²) >= 11 is 0. The number of carbonyl (C=O) groups is 2. The number of aromatic nitrogens is 2. The Bertz CT molecular complexity index is 795. The predicted octanol–water partition coefficient (Wildman–Crippen LogP) is 2.82. The zero-order valence-electron chi connectivity index (χ0n) is 14.1. The largest absolute Gasteiger partial charge is 0.449 e. The summed E-state index contributed by atoms with van der Waals surface area (Å²) < 4.78 is 10.2. The van der Waals surface area contributed by atoms with Crippen LogP contribution in [0.1, 0.15) is 43.1 Å². The number of aryl methyl sites for hydroxylation is 1. The van der Waals surface area contributed by atoms with E-state index in [1.165, 1.54) is 6.08 Å². The van der Waals surface area contributed by atoms with Crippen molar-refractivity contribution in [1.29, 1.82) is 0 Å². The van der Waals surface area contributed by atoms with Gasteiger partial charge in [0.05, 0.1) is 0 Å². The first-order chi connectivity index (χ1) is 12.0. The van der Waals surface area contributed by atoms with Crippen molar-refractivity contribution < 1.29 is 18.8 Å². The molecule has 1 saturated heterocycles. The molecule has 1 atom stereocenters. The van der Waals surface area contributed by atoms with Crippen LogP contribution < -0.4 is 4.90 Å². The van der Waals surface area contributed by atoms with Gasteiger partial charge in [-0.25, -0.2) is 4.79 Å². The third-order valence-electron chi connectivity index (χ3n) is 3.87. The Balaban J connectivity index is 1.57. The number of esters is 1. The number of ether oxygens (including phenoxy) is 1. The van der Waals surface area contributed by atoms with Crippen LogP contribution in [-0.2, 0) is 14.3 Å². The highest BCUT2D eigenvalue weighted by atomic mass is 16.6. The molecule has 1 amide bonds. The molecular weight excluding hydrogens is 322 g/mol. The standard InChI is InChI=1S/C18H19N3O4/c1-12(18-19-13(2)20-25-18)24-17(23)10-7-14-5-8-15(9-6-14)21-11-3-4-16(21)22/h5-10,12H,3-4,11H2,1-2H3/b10-7+. The number of carbonyl (C=O) groups excluding carboxylic acids is 2. The van der Waals surface area contributed by atoms with Crippen molar-refractivity contribution in [3.8, 4) is 0 Å². The highest BCUT2D eigenvalue weighted by molar-refractivity contribution is 5.95. The molecule has 0 bridgehead atoms. The van der Waals surface area contributed by atoms with Crippen LogP contribution in [0, 0.1) is 6.92 Å². The molecule has 2 heterocycles. The van der Waals surface area contributed by atoms with Crippen LogP contribution in [0.4, 0.5) is 5.69 Å². The first kappa shape index (κ1) is 16.9. The number of hydrogen-bond acceptors (Lipinski definition) is 6.